The van der Waals surface area contributed by atoms with Gasteiger partial charge in [-0.25, -0.2) is 4.68 Å². The Kier molecular flexibility index (Phi) is 3.26. The van der Waals surface area contributed by atoms with E-state index >= 15 is 0 Å². The molecular formula is C13H16N2O2. The van der Waals surface area contributed by atoms with E-state index in [1.165, 1.54) is 0 Å². The number of ether oxygens (including phenoxy) is 1. The Hall–Kier alpha value is -1.65. The molecule has 0 aliphatic rings. The van der Waals surface area contributed by atoms with Crippen LogP contribution in [0.2, 0.25) is 0 Å². The highest BCUT2D eigenvalue weighted by molar-refractivity contribution is 5.35. The van der Waals surface area contributed by atoms with Gasteiger partial charge in [0.05, 0.1) is 5.69 Å². The van der Waals surface area contributed by atoms with Gasteiger partial charge in [-0.05, 0) is 32.0 Å². The van der Waals surface area contributed by atoms with Crippen LogP contribution in [-0.4, -0.2) is 21.5 Å². The van der Waals surface area contributed by atoms with Crippen LogP contribution in [-0.2, 0) is 10.5 Å². The Labute approximate surface area is 100 Å². The number of nitrogens with zero attached hydrogens (tertiary/aromatic N) is 2. The standard InChI is InChI=1S/C13H16N2O2/c1-3-17-13(2,16)11-5-7-12(8-6-11)15-10-4-9-14-15/h4-10,16H,3H2,1-2H3. The molecule has 1 aromatic heterocycles. The fourth-order valence-corrected chi connectivity index (χ4v) is 1.71. The van der Waals surface area contributed by atoms with Crippen molar-refractivity contribution in [1.82, 2.24) is 9.78 Å². The molecule has 1 atom stereocenters. The molecule has 0 bridgehead atoms. The summed E-state index contributed by atoms with van der Waals surface area (Å²) in [5.41, 5.74) is 1.68. The monoisotopic (exact) mass is 232 g/mol. The summed E-state index contributed by atoms with van der Waals surface area (Å²) in [4.78, 5) is 0. The average Bonchev–Trinajstić information content (AvgIpc) is 2.82. The van der Waals surface area contributed by atoms with Gasteiger partial charge in [-0.15, -0.1) is 0 Å². The Morgan fingerprint density at radius 1 is 1.35 bits per heavy atom. The minimum atomic E-state index is -1.24. The van der Waals surface area contributed by atoms with Gasteiger partial charge in [0.1, 0.15) is 0 Å². The van der Waals surface area contributed by atoms with E-state index in [-0.39, 0.29) is 0 Å². The number of aromatic nitrogens is 2. The van der Waals surface area contributed by atoms with E-state index in [0.29, 0.717) is 6.61 Å². The molecule has 0 spiro atoms. The maximum Gasteiger partial charge on any atom is 0.189 e. The zero-order valence-electron chi connectivity index (χ0n) is 10.00. The minimum Gasteiger partial charge on any atom is -0.362 e. The lowest BCUT2D eigenvalue weighted by atomic mass is 10.1. The Bertz CT molecular complexity index is 461. The molecule has 17 heavy (non-hydrogen) atoms. The molecule has 0 amide bonds. The van der Waals surface area contributed by atoms with Gasteiger partial charge in [0.15, 0.2) is 5.79 Å². The van der Waals surface area contributed by atoms with E-state index in [2.05, 4.69) is 5.10 Å². The van der Waals surface area contributed by atoms with Crippen LogP contribution in [0.1, 0.15) is 19.4 Å². The van der Waals surface area contributed by atoms with Crippen molar-refractivity contribution in [3.63, 3.8) is 0 Å². The van der Waals surface area contributed by atoms with Gasteiger partial charge in [-0.1, -0.05) is 12.1 Å². The maximum atomic E-state index is 10.1. The van der Waals surface area contributed by atoms with Gasteiger partial charge < -0.3 is 9.84 Å². The van der Waals surface area contributed by atoms with Gasteiger partial charge in [0, 0.05) is 24.6 Å². The third kappa shape index (κ3) is 2.54. The van der Waals surface area contributed by atoms with Crippen LogP contribution in [0.5, 0.6) is 0 Å². The van der Waals surface area contributed by atoms with E-state index < -0.39 is 5.79 Å². The number of rotatable bonds is 4. The zero-order valence-corrected chi connectivity index (χ0v) is 10.00. The summed E-state index contributed by atoms with van der Waals surface area (Å²) in [6, 6.07) is 9.34. The molecule has 0 fully saturated rings. The quantitative estimate of drug-likeness (QED) is 0.821. The number of hydrogen-bond donors (Lipinski definition) is 1. The van der Waals surface area contributed by atoms with Crippen LogP contribution in [0.3, 0.4) is 0 Å². The molecule has 1 heterocycles. The lowest BCUT2D eigenvalue weighted by molar-refractivity contribution is -0.195. The van der Waals surface area contributed by atoms with E-state index in [0.717, 1.165) is 11.3 Å². The molecule has 2 rings (SSSR count). The molecule has 0 radical (unpaired) electrons. The number of hydrogen-bond acceptors (Lipinski definition) is 3. The SMILES string of the molecule is CCOC(C)(O)c1ccc(-n2cccn2)cc1. The van der Waals surface area contributed by atoms with Gasteiger partial charge in [0.25, 0.3) is 0 Å². The molecule has 2 aromatic rings. The molecule has 4 heteroatoms. The third-order valence-corrected chi connectivity index (χ3v) is 2.60. The van der Waals surface area contributed by atoms with Crippen LogP contribution in [0.4, 0.5) is 0 Å². The predicted octanol–water partition coefficient (Wildman–Crippen LogP) is 2.07. The highest BCUT2D eigenvalue weighted by Gasteiger charge is 2.22. The minimum absolute atomic E-state index is 0.466. The summed E-state index contributed by atoms with van der Waals surface area (Å²) in [5.74, 6) is -1.24. The zero-order chi connectivity index (χ0) is 12.3. The predicted molar refractivity (Wildman–Crippen MR) is 64.8 cm³/mol. The number of aliphatic hydroxyl groups is 1. The fourth-order valence-electron chi connectivity index (χ4n) is 1.71. The van der Waals surface area contributed by atoms with Crippen LogP contribution in [0.25, 0.3) is 5.69 Å². The van der Waals surface area contributed by atoms with Crippen molar-refractivity contribution in [2.45, 2.75) is 19.6 Å². The lowest BCUT2D eigenvalue weighted by Gasteiger charge is -2.23. The molecule has 0 saturated carbocycles. The molecule has 0 aliphatic carbocycles. The Balaban J connectivity index is 2.24. The first-order valence-electron chi connectivity index (χ1n) is 5.60. The summed E-state index contributed by atoms with van der Waals surface area (Å²) in [5, 5.41) is 14.2. The lowest BCUT2D eigenvalue weighted by Crippen LogP contribution is -2.25. The molecule has 0 saturated heterocycles. The van der Waals surface area contributed by atoms with Gasteiger partial charge in [-0.2, -0.15) is 5.10 Å². The van der Waals surface area contributed by atoms with E-state index in [9.17, 15) is 5.11 Å². The summed E-state index contributed by atoms with van der Waals surface area (Å²) < 4.78 is 7.04. The molecule has 0 aliphatic heterocycles. The highest BCUT2D eigenvalue weighted by atomic mass is 16.6. The van der Waals surface area contributed by atoms with Crippen LogP contribution in [0.15, 0.2) is 42.7 Å². The Morgan fingerprint density at radius 3 is 2.59 bits per heavy atom. The van der Waals surface area contributed by atoms with Gasteiger partial charge in [-0.3, -0.25) is 0 Å². The summed E-state index contributed by atoms with van der Waals surface area (Å²) in [6.45, 7) is 3.96. The van der Waals surface area contributed by atoms with E-state index in [1.807, 2.05) is 43.5 Å². The fraction of sp³-hybridized carbons (Fsp3) is 0.308. The first kappa shape index (κ1) is 11.8. The largest absolute Gasteiger partial charge is 0.362 e. The second-order valence-corrected chi connectivity index (χ2v) is 3.91. The van der Waals surface area contributed by atoms with Crippen LogP contribution >= 0.6 is 0 Å². The molecule has 1 unspecified atom stereocenters. The average molecular weight is 232 g/mol. The van der Waals surface area contributed by atoms with E-state index in [4.69, 9.17) is 4.74 Å². The first-order valence-corrected chi connectivity index (χ1v) is 5.60. The van der Waals surface area contributed by atoms with Crippen LogP contribution < -0.4 is 0 Å². The second kappa shape index (κ2) is 4.69. The third-order valence-electron chi connectivity index (χ3n) is 2.60. The topological polar surface area (TPSA) is 47.3 Å². The van der Waals surface area contributed by atoms with E-state index in [1.54, 1.807) is 17.8 Å². The van der Waals surface area contributed by atoms with Crippen molar-refractivity contribution in [3.8, 4) is 5.69 Å². The second-order valence-electron chi connectivity index (χ2n) is 3.91. The maximum absolute atomic E-state index is 10.1. The van der Waals surface area contributed by atoms with Gasteiger partial charge in [0.2, 0.25) is 0 Å². The molecule has 4 nitrogen and oxygen atoms in total. The molecule has 90 valence electrons. The normalized spacial score (nSPS) is 14.5. The van der Waals surface area contributed by atoms with Crippen LogP contribution in [0, 0.1) is 0 Å². The first-order chi connectivity index (χ1) is 8.13. The van der Waals surface area contributed by atoms with Crippen molar-refractivity contribution < 1.29 is 9.84 Å². The summed E-state index contributed by atoms with van der Waals surface area (Å²) in [7, 11) is 0. The van der Waals surface area contributed by atoms with Crippen molar-refractivity contribution in [3.05, 3.63) is 48.3 Å². The highest BCUT2D eigenvalue weighted by Crippen LogP contribution is 2.22. The number of benzene rings is 1. The summed E-state index contributed by atoms with van der Waals surface area (Å²) in [6.07, 6.45) is 3.60. The van der Waals surface area contributed by atoms with Crippen molar-refractivity contribution in [2.75, 3.05) is 6.61 Å². The smallest absolute Gasteiger partial charge is 0.189 e. The molecule has 1 aromatic carbocycles. The molecule has 1 N–H and O–H groups in total. The Morgan fingerprint density at radius 2 is 2.06 bits per heavy atom. The molecular weight excluding hydrogens is 216 g/mol. The summed E-state index contributed by atoms with van der Waals surface area (Å²) >= 11 is 0. The van der Waals surface area contributed by atoms with Crippen molar-refractivity contribution in [2.24, 2.45) is 0 Å². The van der Waals surface area contributed by atoms with Crippen molar-refractivity contribution in [1.29, 1.82) is 0 Å². The van der Waals surface area contributed by atoms with Gasteiger partial charge >= 0.3 is 0 Å². The van der Waals surface area contributed by atoms with Crippen molar-refractivity contribution >= 4 is 0 Å².